The Morgan fingerprint density at radius 2 is 2.15 bits per heavy atom. The predicted molar refractivity (Wildman–Crippen MR) is 68.0 cm³/mol. The first kappa shape index (κ1) is 14.3. The Bertz CT molecular complexity index is 588. The van der Waals surface area contributed by atoms with E-state index < -0.39 is 11.5 Å². The van der Waals surface area contributed by atoms with Crippen molar-refractivity contribution in [1.29, 1.82) is 0 Å². The molecule has 7 heteroatoms. The van der Waals surface area contributed by atoms with Gasteiger partial charge in [-0.25, -0.2) is 4.79 Å². The lowest BCUT2D eigenvalue weighted by Gasteiger charge is -2.39. The highest BCUT2D eigenvalue weighted by Gasteiger charge is 2.41. The molecule has 1 aromatic heterocycles. The molecule has 2 N–H and O–H groups in total. The highest BCUT2D eigenvalue weighted by atomic mass is 16.4. The number of hydrogen-bond donors (Lipinski definition) is 2. The summed E-state index contributed by atoms with van der Waals surface area (Å²) in [6.07, 6.45) is 0. The lowest BCUT2D eigenvalue weighted by molar-refractivity contribution is -0.145. The number of carboxylic acids is 1. The van der Waals surface area contributed by atoms with Crippen molar-refractivity contribution < 1.29 is 23.9 Å². The first-order valence-corrected chi connectivity index (χ1v) is 6.13. The van der Waals surface area contributed by atoms with Crippen LogP contribution in [0.5, 0.6) is 0 Å². The van der Waals surface area contributed by atoms with E-state index in [0.717, 1.165) is 0 Å². The molecule has 0 radical (unpaired) electrons. The van der Waals surface area contributed by atoms with Gasteiger partial charge < -0.3 is 9.52 Å². The van der Waals surface area contributed by atoms with Gasteiger partial charge in [-0.3, -0.25) is 19.8 Å². The minimum Gasteiger partial charge on any atom is -0.478 e. The number of carbonyl (C=O) groups excluding carboxylic acids is 2. The van der Waals surface area contributed by atoms with Crippen molar-refractivity contribution in [3.05, 3.63) is 23.2 Å². The molecule has 1 aromatic rings. The number of carbonyl (C=O) groups is 3. The van der Waals surface area contributed by atoms with Crippen LogP contribution in [0.25, 0.3) is 0 Å². The number of aryl methyl sites for hydroxylation is 1. The zero-order chi connectivity index (χ0) is 15.1. The van der Waals surface area contributed by atoms with Crippen molar-refractivity contribution in [2.24, 2.45) is 0 Å². The van der Waals surface area contributed by atoms with Gasteiger partial charge in [0.05, 0.1) is 18.6 Å². The van der Waals surface area contributed by atoms with Crippen molar-refractivity contribution in [3.63, 3.8) is 0 Å². The highest BCUT2D eigenvalue weighted by Crippen LogP contribution is 2.23. The van der Waals surface area contributed by atoms with Gasteiger partial charge in [0.15, 0.2) is 0 Å². The summed E-state index contributed by atoms with van der Waals surface area (Å²) in [7, 11) is 0. The highest BCUT2D eigenvalue weighted by molar-refractivity contribution is 6.02. The van der Waals surface area contributed by atoms with Gasteiger partial charge in [-0.1, -0.05) is 0 Å². The lowest BCUT2D eigenvalue weighted by Crippen LogP contribution is -2.63. The molecule has 1 saturated heterocycles. The number of carboxylic acid groups (broad SMARTS) is 1. The molecule has 7 nitrogen and oxygen atoms in total. The fourth-order valence-corrected chi connectivity index (χ4v) is 2.11. The van der Waals surface area contributed by atoms with Crippen molar-refractivity contribution >= 4 is 17.8 Å². The van der Waals surface area contributed by atoms with Crippen molar-refractivity contribution in [2.45, 2.75) is 32.9 Å². The van der Waals surface area contributed by atoms with Gasteiger partial charge in [-0.2, -0.15) is 0 Å². The number of amides is 2. The van der Waals surface area contributed by atoms with Crippen LogP contribution < -0.4 is 5.32 Å². The number of nitrogens with one attached hydrogen (secondary N) is 1. The molecular weight excluding hydrogens is 264 g/mol. The Morgan fingerprint density at radius 3 is 2.70 bits per heavy atom. The van der Waals surface area contributed by atoms with Gasteiger partial charge in [0.25, 0.3) is 0 Å². The first-order valence-electron chi connectivity index (χ1n) is 6.13. The molecule has 0 atom stereocenters. The monoisotopic (exact) mass is 280 g/mol. The van der Waals surface area contributed by atoms with Crippen molar-refractivity contribution in [3.8, 4) is 0 Å². The third kappa shape index (κ3) is 2.44. The van der Waals surface area contributed by atoms with Crippen LogP contribution >= 0.6 is 0 Å². The van der Waals surface area contributed by atoms with E-state index in [2.05, 4.69) is 5.32 Å². The number of piperazine rings is 1. The van der Waals surface area contributed by atoms with E-state index in [1.807, 2.05) is 0 Å². The summed E-state index contributed by atoms with van der Waals surface area (Å²) in [6, 6.07) is 1.42. The van der Waals surface area contributed by atoms with Crippen LogP contribution in [0, 0.1) is 6.92 Å². The van der Waals surface area contributed by atoms with Gasteiger partial charge in [-0.15, -0.1) is 0 Å². The molecule has 20 heavy (non-hydrogen) atoms. The smallest absolute Gasteiger partial charge is 0.339 e. The molecule has 108 valence electrons. The minimum absolute atomic E-state index is 0.0564. The van der Waals surface area contributed by atoms with Crippen LogP contribution in [0.3, 0.4) is 0 Å². The molecular formula is C13H16N2O5. The maximum absolute atomic E-state index is 11.8. The standard InChI is InChI=1S/C13H16N2O5/c1-7-9(11(17)18)4-8(20-7)5-15-6-10(16)14-12(19)13(15,2)3/h4H,5-6H2,1-3H3,(H,17,18)(H,14,16,19). The molecule has 0 spiro atoms. The Labute approximate surface area is 115 Å². The molecule has 0 aliphatic carbocycles. The number of nitrogens with zero attached hydrogens (tertiary/aromatic N) is 1. The largest absolute Gasteiger partial charge is 0.478 e. The SMILES string of the molecule is Cc1oc(CN2CC(=O)NC(=O)C2(C)C)cc1C(=O)O. The summed E-state index contributed by atoms with van der Waals surface area (Å²) in [5.41, 5.74) is -0.775. The first-order chi connectivity index (χ1) is 9.21. The molecule has 1 aliphatic heterocycles. The van der Waals surface area contributed by atoms with E-state index in [1.54, 1.807) is 25.7 Å². The topological polar surface area (TPSA) is 99.9 Å². The van der Waals surface area contributed by atoms with E-state index in [0.29, 0.717) is 11.5 Å². The van der Waals surface area contributed by atoms with E-state index in [9.17, 15) is 14.4 Å². The van der Waals surface area contributed by atoms with Gasteiger partial charge in [-0.05, 0) is 26.8 Å². The number of furan rings is 1. The summed E-state index contributed by atoms with van der Waals surface area (Å²) in [5, 5.41) is 11.3. The van der Waals surface area contributed by atoms with Crippen LogP contribution in [0.1, 0.15) is 35.7 Å². The summed E-state index contributed by atoms with van der Waals surface area (Å²) in [4.78, 5) is 35.9. The molecule has 2 amide bonds. The normalized spacial score (nSPS) is 18.9. The summed E-state index contributed by atoms with van der Waals surface area (Å²) >= 11 is 0. The number of imide groups is 1. The third-order valence-electron chi connectivity index (χ3n) is 3.48. The van der Waals surface area contributed by atoms with Gasteiger partial charge >= 0.3 is 5.97 Å². The molecule has 2 rings (SSSR count). The van der Waals surface area contributed by atoms with E-state index in [4.69, 9.17) is 9.52 Å². The number of aromatic carboxylic acids is 1. The molecule has 1 aliphatic rings. The minimum atomic E-state index is -1.07. The number of hydrogen-bond acceptors (Lipinski definition) is 5. The van der Waals surface area contributed by atoms with E-state index >= 15 is 0 Å². The summed E-state index contributed by atoms with van der Waals surface area (Å²) < 4.78 is 5.38. The van der Waals surface area contributed by atoms with E-state index in [-0.39, 0.29) is 30.5 Å². The Hall–Kier alpha value is -2.15. The van der Waals surface area contributed by atoms with Gasteiger partial charge in [0, 0.05) is 0 Å². The van der Waals surface area contributed by atoms with Crippen LogP contribution in [-0.4, -0.2) is 39.9 Å². The molecule has 2 heterocycles. The summed E-state index contributed by atoms with van der Waals surface area (Å²) in [5.74, 6) is -1.11. The van der Waals surface area contributed by atoms with Gasteiger partial charge in [0.2, 0.25) is 11.8 Å². The molecule has 0 unspecified atom stereocenters. The fraction of sp³-hybridized carbons (Fsp3) is 0.462. The zero-order valence-corrected chi connectivity index (χ0v) is 11.5. The van der Waals surface area contributed by atoms with Crippen molar-refractivity contribution in [1.82, 2.24) is 10.2 Å². The molecule has 1 fully saturated rings. The third-order valence-corrected chi connectivity index (χ3v) is 3.48. The second kappa shape index (κ2) is 4.75. The zero-order valence-electron chi connectivity index (χ0n) is 11.5. The maximum Gasteiger partial charge on any atom is 0.339 e. The number of rotatable bonds is 3. The van der Waals surface area contributed by atoms with E-state index in [1.165, 1.54) is 6.07 Å². The predicted octanol–water partition coefficient (Wildman–Crippen LogP) is 0.523. The second-order valence-electron chi connectivity index (χ2n) is 5.28. The summed E-state index contributed by atoms with van der Waals surface area (Å²) in [6.45, 7) is 5.21. The second-order valence-corrected chi connectivity index (χ2v) is 5.28. The quantitative estimate of drug-likeness (QED) is 0.783. The fourth-order valence-electron chi connectivity index (χ4n) is 2.11. The van der Waals surface area contributed by atoms with Crippen LogP contribution in [-0.2, 0) is 16.1 Å². The van der Waals surface area contributed by atoms with Crippen LogP contribution in [0.2, 0.25) is 0 Å². The molecule has 0 saturated carbocycles. The Kier molecular flexibility index (Phi) is 3.39. The Morgan fingerprint density at radius 1 is 1.50 bits per heavy atom. The van der Waals surface area contributed by atoms with Gasteiger partial charge in [0.1, 0.15) is 17.1 Å². The van der Waals surface area contributed by atoms with Crippen molar-refractivity contribution in [2.75, 3.05) is 6.54 Å². The molecule has 0 bridgehead atoms. The maximum atomic E-state index is 11.8. The average molecular weight is 280 g/mol. The average Bonchev–Trinajstić information content (AvgIpc) is 2.67. The lowest BCUT2D eigenvalue weighted by atomic mass is 9.98. The Balaban J connectivity index is 2.24. The molecule has 0 aromatic carbocycles. The van der Waals surface area contributed by atoms with Crippen LogP contribution in [0.15, 0.2) is 10.5 Å². The van der Waals surface area contributed by atoms with Crippen LogP contribution in [0.4, 0.5) is 0 Å².